The SMILES string of the molecule is CN(C(=O)C1CCCCC1)c1ccc2c(c1)nc(NC(N)=O)n2CC(C)(C)O. The van der Waals surface area contributed by atoms with Gasteiger partial charge < -0.3 is 20.3 Å². The van der Waals surface area contributed by atoms with Gasteiger partial charge in [0, 0.05) is 18.7 Å². The molecule has 0 atom stereocenters. The first-order valence-corrected chi connectivity index (χ1v) is 9.72. The van der Waals surface area contributed by atoms with Crippen molar-refractivity contribution in [3.63, 3.8) is 0 Å². The highest BCUT2D eigenvalue weighted by atomic mass is 16.3. The summed E-state index contributed by atoms with van der Waals surface area (Å²) >= 11 is 0. The lowest BCUT2D eigenvalue weighted by molar-refractivity contribution is -0.123. The molecular formula is C20H29N5O3. The number of urea groups is 1. The zero-order valence-corrected chi connectivity index (χ0v) is 16.7. The molecule has 0 radical (unpaired) electrons. The van der Waals surface area contributed by atoms with E-state index in [1.54, 1.807) is 30.4 Å². The van der Waals surface area contributed by atoms with Gasteiger partial charge in [-0.25, -0.2) is 9.78 Å². The van der Waals surface area contributed by atoms with Crippen LogP contribution >= 0.6 is 0 Å². The molecule has 0 spiro atoms. The van der Waals surface area contributed by atoms with Crippen molar-refractivity contribution in [1.82, 2.24) is 9.55 Å². The topological polar surface area (TPSA) is 113 Å². The van der Waals surface area contributed by atoms with Crippen LogP contribution in [0.25, 0.3) is 11.0 Å². The van der Waals surface area contributed by atoms with Gasteiger partial charge in [-0.1, -0.05) is 19.3 Å². The average molecular weight is 387 g/mol. The summed E-state index contributed by atoms with van der Waals surface area (Å²) in [6, 6.07) is 4.81. The number of hydrogen-bond donors (Lipinski definition) is 3. The highest BCUT2D eigenvalue weighted by molar-refractivity contribution is 5.97. The van der Waals surface area contributed by atoms with Gasteiger partial charge in [-0.05, 0) is 44.9 Å². The van der Waals surface area contributed by atoms with E-state index >= 15 is 0 Å². The summed E-state index contributed by atoms with van der Waals surface area (Å²) in [6.07, 6.45) is 5.30. The van der Waals surface area contributed by atoms with Crippen LogP contribution in [0.15, 0.2) is 18.2 Å². The minimum absolute atomic E-state index is 0.0780. The molecular weight excluding hydrogens is 358 g/mol. The van der Waals surface area contributed by atoms with Crippen LogP contribution in [0.1, 0.15) is 46.0 Å². The van der Waals surface area contributed by atoms with Gasteiger partial charge in [-0.2, -0.15) is 0 Å². The molecule has 2 aromatic rings. The lowest BCUT2D eigenvalue weighted by atomic mass is 9.88. The van der Waals surface area contributed by atoms with Crippen LogP contribution in [0.3, 0.4) is 0 Å². The third-order valence-electron chi connectivity index (χ3n) is 5.18. The number of fused-ring (bicyclic) bond motifs is 1. The van der Waals surface area contributed by atoms with E-state index in [0.717, 1.165) is 36.9 Å². The molecule has 3 rings (SSSR count). The number of benzene rings is 1. The number of primary amides is 1. The maximum atomic E-state index is 12.8. The van der Waals surface area contributed by atoms with Crippen LogP contribution in [0.4, 0.5) is 16.4 Å². The molecule has 0 bridgehead atoms. The molecule has 4 N–H and O–H groups in total. The Morgan fingerprint density at radius 1 is 1.32 bits per heavy atom. The smallest absolute Gasteiger partial charge is 0.318 e. The molecule has 1 aliphatic rings. The number of carbonyl (C=O) groups is 2. The number of aromatic nitrogens is 2. The zero-order valence-electron chi connectivity index (χ0n) is 16.7. The summed E-state index contributed by atoms with van der Waals surface area (Å²) < 4.78 is 1.72. The first kappa shape index (κ1) is 20.1. The molecule has 8 nitrogen and oxygen atoms in total. The largest absolute Gasteiger partial charge is 0.389 e. The number of anilines is 2. The Morgan fingerprint density at radius 3 is 2.61 bits per heavy atom. The highest BCUT2D eigenvalue weighted by Crippen LogP contribution is 2.30. The summed E-state index contributed by atoms with van der Waals surface area (Å²) in [6.45, 7) is 3.59. The van der Waals surface area contributed by atoms with Crippen molar-refractivity contribution in [1.29, 1.82) is 0 Å². The Morgan fingerprint density at radius 2 is 2.00 bits per heavy atom. The number of hydrogen-bond acceptors (Lipinski definition) is 4. The predicted octanol–water partition coefficient (Wildman–Crippen LogP) is 2.84. The van der Waals surface area contributed by atoms with Gasteiger partial charge in [0.1, 0.15) is 0 Å². The lowest BCUT2D eigenvalue weighted by Gasteiger charge is -2.26. The summed E-state index contributed by atoms with van der Waals surface area (Å²) in [7, 11) is 1.79. The van der Waals surface area contributed by atoms with Gasteiger partial charge in [0.15, 0.2) is 0 Å². The number of rotatable bonds is 5. The van der Waals surface area contributed by atoms with Gasteiger partial charge in [0.25, 0.3) is 0 Å². The van der Waals surface area contributed by atoms with Crippen LogP contribution in [-0.4, -0.2) is 39.2 Å². The van der Waals surface area contributed by atoms with Crippen molar-refractivity contribution in [2.24, 2.45) is 11.7 Å². The Kier molecular flexibility index (Phi) is 5.60. The monoisotopic (exact) mass is 387 g/mol. The van der Waals surface area contributed by atoms with E-state index in [9.17, 15) is 14.7 Å². The molecule has 8 heteroatoms. The quantitative estimate of drug-likeness (QED) is 0.732. The molecule has 152 valence electrons. The molecule has 0 unspecified atom stereocenters. The average Bonchev–Trinajstić information content (AvgIpc) is 2.95. The molecule has 1 aromatic heterocycles. The van der Waals surface area contributed by atoms with Crippen LogP contribution in [0.5, 0.6) is 0 Å². The van der Waals surface area contributed by atoms with Gasteiger partial charge >= 0.3 is 6.03 Å². The second kappa shape index (κ2) is 7.79. The van der Waals surface area contributed by atoms with E-state index in [2.05, 4.69) is 10.3 Å². The van der Waals surface area contributed by atoms with Crippen LogP contribution in [0.2, 0.25) is 0 Å². The molecule has 0 aliphatic heterocycles. The number of carbonyl (C=O) groups excluding carboxylic acids is 2. The molecule has 1 saturated carbocycles. The van der Waals surface area contributed by atoms with Gasteiger partial charge in [0.2, 0.25) is 11.9 Å². The lowest BCUT2D eigenvalue weighted by Crippen LogP contribution is -2.33. The molecule has 1 heterocycles. The maximum Gasteiger partial charge on any atom is 0.318 e. The normalized spacial score (nSPS) is 15.6. The molecule has 3 amide bonds. The van der Waals surface area contributed by atoms with Gasteiger partial charge in [-0.3, -0.25) is 10.1 Å². The summed E-state index contributed by atoms with van der Waals surface area (Å²) in [5.74, 6) is 0.475. The van der Waals surface area contributed by atoms with E-state index in [1.807, 2.05) is 18.2 Å². The summed E-state index contributed by atoms with van der Waals surface area (Å²) in [5.41, 5.74) is 6.37. The standard InChI is InChI=1S/C20H29N5O3/c1-20(2,28)12-25-16-10-9-14(11-15(16)22-19(25)23-18(21)27)24(3)17(26)13-7-5-4-6-8-13/h9-11,13,28H,4-8,12H2,1-3H3,(H3,21,22,23,27). The number of aliphatic hydroxyl groups is 1. The number of nitrogens with zero attached hydrogens (tertiary/aromatic N) is 3. The molecule has 1 fully saturated rings. The van der Waals surface area contributed by atoms with Gasteiger partial charge in [0.05, 0.1) is 23.2 Å². The van der Waals surface area contributed by atoms with Crippen molar-refractivity contribution in [3.05, 3.63) is 18.2 Å². The maximum absolute atomic E-state index is 12.8. The minimum Gasteiger partial charge on any atom is -0.389 e. The van der Waals surface area contributed by atoms with Crippen molar-refractivity contribution in [3.8, 4) is 0 Å². The van der Waals surface area contributed by atoms with Crippen LogP contribution in [-0.2, 0) is 11.3 Å². The van der Waals surface area contributed by atoms with E-state index < -0.39 is 11.6 Å². The molecule has 1 aromatic carbocycles. The Balaban J connectivity index is 1.94. The van der Waals surface area contributed by atoms with Crippen LogP contribution in [0, 0.1) is 5.92 Å². The molecule has 28 heavy (non-hydrogen) atoms. The van der Waals surface area contributed by atoms with Crippen molar-refractivity contribution >= 4 is 34.6 Å². The van der Waals surface area contributed by atoms with Crippen molar-refractivity contribution in [2.75, 3.05) is 17.3 Å². The first-order valence-electron chi connectivity index (χ1n) is 9.72. The first-order chi connectivity index (χ1) is 13.2. The second-order valence-corrected chi connectivity index (χ2v) is 8.23. The van der Waals surface area contributed by atoms with E-state index in [0.29, 0.717) is 5.52 Å². The fourth-order valence-corrected chi connectivity index (χ4v) is 3.83. The summed E-state index contributed by atoms with van der Waals surface area (Å²) in [4.78, 5) is 30.3. The fourth-order valence-electron chi connectivity index (χ4n) is 3.83. The number of imidazole rings is 1. The Bertz CT molecular complexity index is 878. The molecule has 1 aliphatic carbocycles. The van der Waals surface area contributed by atoms with Gasteiger partial charge in [-0.15, -0.1) is 0 Å². The zero-order chi connectivity index (χ0) is 20.5. The van der Waals surface area contributed by atoms with E-state index in [1.165, 1.54) is 6.42 Å². The number of amides is 3. The summed E-state index contributed by atoms with van der Waals surface area (Å²) in [5, 5.41) is 12.7. The number of nitrogens with one attached hydrogen (secondary N) is 1. The van der Waals surface area contributed by atoms with Crippen molar-refractivity contribution < 1.29 is 14.7 Å². The van der Waals surface area contributed by atoms with E-state index in [4.69, 9.17) is 5.73 Å². The number of nitrogens with two attached hydrogens (primary N) is 1. The predicted molar refractivity (Wildman–Crippen MR) is 109 cm³/mol. The highest BCUT2D eigenvalue weighted by Gasteiger charge is 2.26. The van der Waals surface area contributed by atoms with Crippen LogP contribution < -0.4 is 16.0 Å². The third kappa shape index (κ3) is 4.44. The Labute approximate surface area is 164 Å². The molecule has 0 saturated heterocycles. The van der Waals surface area contributed by atoms with E-state index in [-0.39, 0.29) is 24.3 Å². The Hall–Kier alpha value is -2.61. The van der Waals surface area contributed by atoms with Crippen molar-refractivity contribution in [2.45, 2.75) is 58.1 Å². The third-order valence-corrected chi connectivity index (χ3v) is 5.18. The second-order valence-electron chi connectivity index (χ2n) is 8.23. The minimum atomic E-state index is -1.01. The fraction of sp³-hybridized carbons (Fsp3) is 0.550.